The van der Waals surface area contributed by atoms with Gasteiger partial charge in [0.05, 0.1) is 23.0 Å². The third-order valence-corrected chi connectivity index (χ3v) is 8.37. The van der Waals surface area contributed by atoms with Crippen molar-refractivity contribution in [3.63, 3.8) is 0 Å². The highest BCUT2D eigenvalue weighted by Gasteiger charge is 2.17. The van der Waals surface area contributed by atoms with E-state index in [9.17, 15) is 19.2 Å². The van der Waals surface area contributed by atoms with E-state index in [0.29, 0.717) is 44.9 Å². The molecule has 0 bridgehead atoms. The van der Waals surface area contributed by atoms with Crippen LogP contribution in [0, 0.1) is 54.1 Å². The number of carbonyl (C=O) groups is 4. The number of alkyl halides is 1. The molecule has 0 aliphatic heterocycles. The Hall–Kier alpha value is -4.09. The largest absolute Gasteiger partial charge is 0.397 e. The van der Waals surface area contributed by atoms with E-state index in [1.54, 1.807) is 0 Å². The molecule has 3 aromatic heterocycles. The number of primary amides is 2. The molecule has 0 radical (unpaired) electrons. The summed E-state index contributed by atoms with van der Waals surface area (Å²) in [5.41, 5.74) is 26.0. The lowest BCUT2D eigenvalue weighted by molar-refractivity contribution is -0.126. The van der Waals surface area contributed by atoms with Gasteiger partial charge in [0, 0.05) is 23.2 Å². The zero-order chi connectivity index (χ0) is 41.6. The quantitative estimate of drug-likeness (QED) is 0.0562. The van der Waals surface area contributed by atoms with Crippen LogP contribution in [0.15, 0.2) is 12.1 Å². The molecule has 3 aromatic rings. The molecule has 12 nitrogen and oxygen atoms in total. The predicted octanol–water partition coefficient (Wildman–Crippen LogP) is 7.25. The number of nitrogens with one attached hydrogen (secondary N) is 1. The maximum atomic E-state index is 11.3. The molecule has 0 spiro atoms. The third-order valence-electron chi connectivity index (χ3n) is 6.27. The van der Waals surface area contributed by atoms with Crippen LogP contribution in [0.3, 0.4) is 0 Å². The molecule has 16 heteroatoms. The summed E-state index contributed by atoms with van der Waals surface area (Å²) in [7, 11) is 0. The number of aromatic amines is 1. The van der Waals surface area contributed by atoms with Crippen LogP contribution in [0.5, 0.6) is 0 Å². The van der Waals surface area contributed by atoms with Crippen molar-refractivity contribution in [3.8, 4) is 6.07 Å². The molecular weight excluding hydrogens is 797 g/mol. The molecule has 0 aliphatic carbocycles. The Labute approximate surface area is 336 Å². The van der Waals surface area contributed by atoms with Crippen molar-refractivity contribution in [3.05, 3.63) is 61.1 Å². The van der Waals surface area contributed by atoms with Crippen molar-refractivity contribution in [2.24, 2.45) is 35.0 Å². The second-order valence-corrected chi connectivity index (χ2v) is 15.7. The van der Waals surface area contributed by atoms with Gasteiger partial charge in [-0.2, -0.15) is 5.26 Å². The van der Waals surface area contributed by atoms with E-state index in [-0.39, 0.29) is 40.8 Å². The Morgan fingerprint density at radius 2 is 1.57 bits per heavy atom. The van der Waals surface area contributed by atoms with Crippen LogP contribution in [-0.4, -0.2) is 50.2 Å². The molecule has 3 heterocycles. The summed E-state index contributed by atoms with van der Waals surface area (Å²) in [6.07, 6.45) is 2.52. The number of amides is 2. The number of thiocarbonyl (C=S) groups is 1. The number of fused-ring (bicyclic) bond motifs is 1. The van der Waals surface area contributed by atoms with Crippen LogP contribution < -0.4 is 22.9 Å². The van der Waals surface area contributed by atoms with Gasteiger partial charge >= 0.3 is 0 Å². The Morgan fingerprint density at radius 1 is 1.02 bits per heavy atom. The van der Waals surface area contributed by atoms with E-state index in [2.05, 4.69) is 82.5 Å². The number of ketones is 2. The lowest BCUT2D eigenvalue weighted by atomic mass is 10.0. The number of nitrogens with two attached hydrogens (primary N) is 4. The van der Waals surface area contributed by atoms with Crippen LogP contribution in [0.25, 0.3) is 15.1 Å². The average molecular weight is 850 g/mol. The smallest absolute Gasteiger partial charge is 0.263 e. The molecule has 0 aromatic carbocycles. The molecule has 0 aliphatic rings. The van der Waals surface area contributed by atoms with Gasteiger partial charge in [-0.15, -0.1) is 11.3 Å². The second kappa shape index (κ2) is 26.6. The number of thiophene rings is 1. The Morgan fingerprint density at radius 3 is 1.92 bits per heavy atom. The van der Waals surface area contributed by atoms with Gasteiger partial charge in [-0.05, 0) is 74.6 Å². The monoisotopic (exact) mass is 848 g/mol. The van der Waals surface area contributed by atoms with E-state index < -0.39 is 5.91 Å². The Balaban J connectivity index is 0. The highest BCUT2D eigenvalue weighted by Crippen LogP contribution is 2.35. The summed E-state index contributed by atoms with van der Waals surface area (Å²) in [6, 6.07) is 6.15. The minimum Gasteiger partial charge on any atom is -0.397 e. The zero-order valence-electron chi connectivity index (χ0n) is 32.0. The van der Waals surface area contributed by atoms with E-state index in [0.717, 1.165) is 45.6 Å². The van der Waals surface area contributed by atoms with Gasteiger partial charge in [0.25, 0.3) is 12.5 Å². The van der Waals surface area contributed by atoms with Crippen LogP contribution >= 0.6 is 51.7 Å². The fraction of sp³-hybridized carbons (Fsp3) is 0.486. The number of H-pyrrole nitrogens is 1. The van der Waals surface area contributed by atoms with E-state index >= 15 is 0 Å². The number of hydrogen-bond acceptors (Lipinski definition) is 10. The molecule has 0 unspecified atom stereocenters. The molecule has 290 valence electrons. The first kappa shape index (κ1) is 51.0. The minimum atomic E-state index is -0.486. The summed E-state index contributed by atoms with van der Waals surface area (Å²) in [6.45, 7) is 24.3. The summed E-state index contributed by atoms with van der Waals surface area (Å²) in [5, 5.41) is 9.95. The van der Waals surface area contributed by atoms with Crippen molar-refractivity contribution < 1.29 is 19.2 Å². The number of rotatable bonds is 11. The predicted molar refractivity (Wildman–Crippen MR) is 226 cm³/mol. The molecular formula is C37H53BrN8O4S3. The third kappa shape index (κ3) is 22.6. The van der Waals surface area contributed by atoms with Gasteiger partial charge in [0.15, 0.2) is 4.99 Å². The van der Waals surface area contributed by atoms with E-state index in [1.165, 1.54) is 18.3 Å². The molecule has 0 atom stereocenters. The van der Waals surface area contributed by atoms with Crippen molar-refractivity contribution in [1.29, 1.82) is 5.26 Å². The second-order valence-electron chi connectivity index (χ2n) is 13.2. The number of Topliss-reactive ketones (excluding diaryl/α,β-unsaturated/α-hetero) is 2. The van der Waals surface area contributed by atoms with Crippen LogP contribution in [0.2, 0.25) is 0 Å². The van der Waals surface area contributed by atoms with Crippen LogP contribution in [-0.2, 0) is 27.2 Å². The van der Waals surface area contributed by atoms with Crippen molar-refractivity contribution in [2.75, 3.05) is 17.6 Å². The van der Waals surface area contributed by atoms with Crippen molar-refractivity contribution >= 4 is 96.0 Å². The fourth-order valence-corrected chi connectivity index (χ4v) is 5.85. The van der Waals surface area contributed by atoms with Gasteiger partial charge in [-0.3, -0.25) is 19.2 Å². The molecule has 3 rings (SSSR count). The number of aryl methyl sites for hydroxylation is 2. The highest BCUT2D eigenvalue weighted by atomic mass is 79.9. The van der Waals surface area contributed by atoms with Crippen LogP contribution in [0.1, 0.15) is 99.1 Å². The van der Waals surface area contributed by atoms with E-state index in [4.69, 9.17) is 41.3 Å². The number of nitrogen functional groups attached to an aromatic ring is 1. The number of aromatic nitrogens is 2. The number of halogens is 1. The number of pyridine rings is 2. The Bertz CT molecular complexity index is 1860. The topological polar surface area (TPSA) is 229 Å². The van der Waals surface area contributed by atoms with Crippen molar-refractivity contribution in [1.82, 2.24) is 9.97 Å². The molecule has 0 saturated carbocycles. The highest BCUT2D eigenvalue weighted by molar-refractivity contribution is 9.09. The molecule has 53 heavy (non-hydrogen) atoms. The minimum absolute atomic E-state index is 0.0364. The lowest BCUT2D eigenvalue weighted by Crippen LogP contribution is -2.10. The average Bonchev–Trinajstić information content (AvgIpc) is 3.33. The van der Waals surface area contributed by atoms with Gasteiger partial charge in [0.1, 0.15) is 32.0 Å². The van der Waals surface area contributed by atoms with E-state index in [1.807, 2.05) is 39.8 Å². The first-order chi connectivity index (χ1) is 24.5. The molecule has 9 N–H and O–H groups in total. The number of nitrogens with zero attached hydrogens (tertiary/aromatic N) is 3. The number of hydrogen-bond donors (Lipinski definition) is 5. The number of carbonyl (C=O) groups excluding carboxylic acids is 4. The SMILES string of the molecule is CC(=O)CC(=O)CC(C)C.Cc1cc(CC(C)C)[nH]c(=S)c1C#N.Cc1cc(CC(C)C)nc2sc(C(N)=O)c(N)c12.NC(=O)CBr.[C-]#[N+]CC(N)=S. The molecule has 0 fully saturated rings. The standard InChI is InChI=1S/C13H17N3OS.C11H14N2S.C8H14O2.C3H4N2S.C2H4BrNO/c1-6(2)4-8-5-7(3)9-10(14)11(12(15)17)18-13(9)16-8;1-7(2)4-9-5-8(3)10(6-12)11(14)13-9;1-6(2)4-8(10)5-7(3)9;1-5-2-3(4)6;3-1-2(4)5/h5-6H,4,14H2,1-3H3,(H2,15,17);5,7H,4H2,1-3H3,(H,13,14);6H,4-5H2,1-3H3;2H2,(H2,4,6);1H2,(H2,4,5). The van der Waals surface area contributed by atoms with Gasteiger partial charge in [-0.25, -0.2) is 11.6 Å². The summed E-state index contributed by atoms with van der Waals surface area (Å²) in [5.74, 6) is 0.709. The maximum Gasteiger partial charge on any atom is 0.263 e. The molecule has 0 saturated heterocycles. The summed E-state index contributed by atoms with van der Waals surface area (Å²) < 4.78 is 0.558. The van der Waals surface area contributed by atoms with Gasteiger partial charge < -0.3 is 32.8 Å². The maximum absolute atomic E-state index is 11.3. The van der Waals surface area contributed by atoms with Gasteiger partial charge in [0.2, 0.25) is 5.91 Å². The van der Waals surface area contributed by atoms with Crippen LogP contribution in [0.4, 0.5) is 5.69 Å². The number of nitriles is 1. The summed E-state index contributed by atoms with van der Waals surface area (Å²) in [4.78, 5) is 54.1. The molecule has 2 amide bonds. The Kier molecular flexibility index (Phi) is 25.6. The first-order valence-electron chi connectivity index (χ1n) is 16.6. The normalized spacial score (nSPS) is 9.87. The van der Waals surface area contributed by atoms with Crippen molar-refractivity contribution in [2.45, 2.75) is 88.0 Å². The lowest BCUT2D eigenvalue weighted by Gasteiger charge is -2.07. The first-order valence-corrected chi connectivity index (χ1v) is 19.3. The fourth-order valence-electron chi connectivity index (χ4n) is 4.41. The number of anilines is 1. The van der Waals surface area contributed by atoms with Gasteiger partial charge in [-0.1, -0.05) is 81.9 Å². The summed E-state index contributed by atoms with van der Waals surface area (Å²) >= 11 is 13.6. The zero-order valence-corrected chi connectivity index (χ0v) is 36.1.